The Morgan fingerprint density at radius 2 is 2.08 bits per heavy atom. The summed E-state index contributed by atoms with van der Waals surface area (Å²) in [6.45, 7) is 0.0515. The number of H-pyrrole nitrogens is 1. The second kappa shape index (κ2) is 6.47. The standard InChI is InChI=1S/C17H17F2N5O2/c18-17(19)7-5-10(6-8-17)15-21-13(26-24-15)9-20-16(25)14-11-3-1-2-4-12(11)22-23-14/h1-4,10H,5-9H2,(H,20,25)(H,22,23). The number of para-hydroxylation sites is 1. The van der Waals surface area contributed by atoms with Crippen LogP contribution in [0.2, 0.25) is 0 Å². The van der Waals surface area contributed by atoms with Crippen LogP contribution in [0.5, 0.6) is 0 Å². The molecule has 4 rings (SSSR count). The maximum atomic E-state index is 13.2. The van der Waals surface area contributed by atoms with Gasteiger partial charge < -0.3 is 9.84 Å². The van der Waals surface area contributed by atoms with Gasteiger partial charge >= 0.3 is 0 Å². The molecule has 7 nitrogen and oxygen atoms in total. The third kappa shape index (κ3) is 3.29. The number of carbonyl (C=O) groups excluding carboxylic acids is 1. The van der Waals surface area contributed by atoms with Gasteiger partial charge in [0.1, 0.15) is 0 Å². The molecule has 2 N–H and O–H groups in total. The van der Waals surface area contributed by atoms with E-state index in [1.807, 2.05) is 18.2 Å². The highest BCUT2D eigenvalue weighted by molar-refractivity contribution is 6.04. The van der Waals surface area contributed by atoms with Crippen LogP contribution >= 0.6 is 0 Å². The molecule has 0 spiro atoms. The first-order valence-electron chi connectivity index (χ1n) is 8.43. The Kier molecular flexibility index (Phi) is 4.14. The Morgan fingerprint density at radius 1 is 1.31 bits per heavy atom. The van der Waals surface area contributed by atoms with Gasteiger partial charge in [0.05, 0.1) is 12.1 Å². The quantitative estimate of drug-likeness (QED) is 0.744. The van der Waals surface area contributed by atoms with Gasteiger partial charge in [-0.2, -0.15) is 10.1 Å². The van der Waals surface area contributed by atoms with Crippen molar-refractivity contribution in [1.82, 2.24) is 25.7 Å². The molecule has 2 aromatic heterocycles. The molecule has 2 heterocycles. The van der Waals surface area contributed by atoms with Crippen molar-refractivity contribution in [3.63, 3.8) is 0 Å². The van der Waals surface area contributed by atoms with Crippen molar-refractivity contribution in [2.45, 2.75) is 44.1 Å². The second-order valence-corrected chi connectivity index (χ2v) is 6.48. The van der Waals surface area contributed by atoms with Crippen LogP contribution in [-0.4, -0.2) is 32.2 Å². The van der Waals surface area contributed by atoms with Crippen molar-refractivity contribution in [3.05, 3.63) is 41.7 Å². The van der Waals surface area contributed by atoms with Gasteiger partial charge in [-0.3, -0.25) is 9.89 Å². The fraction of sp³-hybridized carbons (Fsp3) is 0.412. The summed E-state index contributed by atoms with van der Waals surface area (Å²) in [7, 11) is 0. The number of fused-ring (bicyclic) bond motifs is 1. The molecule has 1 aliphatic rings. The number of rotatable bonds is 4. The van der Waals surface area contributed by atoms with Gasteiger partial charge in [-0.15, -0.1) is 0 Å². The Bertz CT molecular complexity index is 926. The highest BCUT2D eigenvalue weighted by atomic mass is 19.3. The molecule has 1 fully saturated rings. The van der Waals surface area contributed by atoms with E-state index in [9.17, 15) is 13.6 Å². The topological polar surface area (TPSA) is 96.7 Å². The Labute approximate surface area is 147 Å². The van der Waals surface area contributed by atoms with Gasteiger partial charge in [-0.05, 0) is 18.9 Å². The lowest BCUT2D eigenvalue weighted by Crippen LogP contribution is -2.24. The molecule has 0 atom stereocenters. The fourth-order valence-electron chi connectivity index (χ4n) is 3.18. The first kappa shape index (κ1) is 16.6. The van der Waals surface area contributed by atoms with Crippen molar-refractivity contribution < 1.29 is 18.1 Å². The summed E-state index contributed by atoms with van der Waals surface area (Å²) in [6, 6.07) is 7.31. The number of halogens is 2. The van der Waals surface area contributed by atoms with Gasteiger partial charge in [0.25, 0.3) is 5.91 Å². The summed E-state index contributed by atoms with van der Waals surface area (Å²) >= 11 is 0. The number of hydrogen-bond donors (Lipinski definition) is 2. The van der Waals surface area contributed by atoms with E-state index in [2.05, 4.69) is 25.7 Å². The summed E-state index contributed by atoms with van der Waals surface area (Å²) in [5, 5.41) is 14.1. The van der Waals surface area contributed by atoms with Crippen LogP contribution in [0.4, 0.5) is 8.78 Å². The molecule has 0 bridgehead atoms. The van der Waals surface area contributed by atoms with Crippen LogP contribution in [0.15, 0.2) is 28.8 Å². The van der Waals surface area contributed by atoms with E-state index in [4.69, 9.17) is 4.52 Å². The highest BCUT2D eigenvalue weighted by Gasteiger charge is 2.37. The smallest absolute Gasteiger partial charge is 0.272 e. The number of carbonyl (C=O) groups is 1. The lowest BCUT2D eigenvalue weighted by Gasteiger charge is -2.26. The van der Waals surface area contributed by atoms with Crippen LogP contribution in [0.25, 0.3) is 10.9 Å². The third-order valence-electron chi connectivity index (χ3n) is 4.65. The molecular weight excluding hydrogens is 344 g/mol. The summed E-state index contributed by atoms with van der Waals surface area (Å²) in [4.78, 5) is 16.5. The predicted molar refractivity (Wildman–Crippen MR) is 87.7 cm³/mol. The van der Waals surface area contributed by atoms with Gasteiger partial charge in [0, 0.05) is 24.1 Å². The molecular formula is C17H17F2N5O2. The normalized spacial score (nSPS) is 17.5. The zero-order valence-electron chi connectivity index (χ0n) is 13.8. The molecule has 0 unspecified atom stereocenters. The lowest BCUT2D eigenvalue weighted by atomic mass is 9.86. The minimum Gasteiger partial charge on any atom is -0.342 e. The maximum Gasteiger partial charge on any atom is 0.272 e. The number of aromatic amines is 1. The van der Waals surface area contributed by atoms with Crippen LogP contribution in [-0.2, 0) is 6.54 Å². The van der Waals surface area contributed by atoms with Gasteiger partial charge in [-0.1, -0.05) is 23.4 Å². The van der Waals surface area contributed by atoms with Crippen molar-refractivity contribution in [3.8, 4) is 0 Å². The first-order valence-corrected chi connectivity index (χ1v) is 8.43. The molecule has 9 heteroatoms. The van der Waals surface area contributed by atoms with Crippen molar-refractivity contribution in [2.24, 2.45) is 0 Å². The fourth-order valence-corrected chi connectivity index (χ4v) is 3.18. The number of benzene rings is 1. The molecule has 26 heavy (non-hydrogen) atoms. The molecule has 3 aromatic rings. The zero-order chi connectivity index (χ0) is 18.1. The third-order valence-corrected chi connectivity index (χ3v) is 4.65. The van der Waals surface area contributed by atoms with Crippen LogP contribution < -0.4 is 5.32 Å². The highest BCUT2D eigenvalue weighted by Crippen LogP contribution is 2.39. The summed E-state index contributed by atoms with van der Waals surface area (Å²) < 4.78 is 31.6. The average Bonchev–Trinajstić information content (AvgIpc) is 3.27. The van der Waals surface area contributed by atoms with Crippen molar-refractivity contribution in [2.75, 3.05) is 0 Å². The summed E-state index contributed by atoms with van der Waals surface area (Å²) in [5.74, 6) is -2.42. The number of amides is 1. The lowest BCUT2D eigenvalue weighted by molar-refractivity contribution is -0.0389. The molecule has 1 aliphatic carbocycles. The molecule has 136 valence electrons. The minimum absolute atomic E-state index is 0.0515. The van der Waals surface area contributed by atoms with Crippen LogP contribution in [0.3, 0.4) is 0 Å². The predicted octanol–water partition coefficient (Wildman–Crippen LogP) is 3.17. The van der Waals surface area contributed by atoms with Crippen molar-refractivity contribution in [1.29, 1.82) is 0 Å². The molecule has 0 radical (unpaired) electrons. The molecule has 0 saturated heterocycles. The van der Waals surface area contributed by atoms with E-state index >= 15 is 0 Å². The maximum absolute atomic E-state index is 13.2. The number of hydrogen-bond acceptors (Lipinski definition) is 5. The number of nitrogens with one attached hydrogen (secondary N) is 2. The number of aromatic nitrogens is 4. The van der Waals surface area contributed by atoms with E-state index in [1.165, 1.54) is 0 Å². The van der Waals surface area contributed by atoms with Gasteiger partial charge in [0.2, 0.25) is 11.8 Å². The van der Waals surface area contributed by atoms with E-state index in [0.717, 1.165) is 10.9 Å². The number of nitrogens with zero attached hydrogens (tertiary/aromatic N) is 3. The Balaban J connectivity index is 1.38. The molecule has 1 amide bonds. The Hall–Kier alpha value is -2.84. The van der Waals surface area contributed by atoms with Crippen LogP contribution in [0, 0.1) is 0 Å². The largest absolute Gasteiger partial charge is 0.342 e. The van der Waals surface area contributed by atoms with E-state index in [-0.39, 0.29) is 42.8 Å². The van der Waals surface area contributed by atoms with Crippen LogP contribution in [0.1, 0.15) is 53.8 Å². The van der Waals surface area contributed by atoms with E-state index < -0.39 is 5.92 Å². The summed E-state index contributed by atoms with van der Waals surface area (Å²) in [5.41, 5.74) is 1.06. The minimum atomic E-state index is -2.59. The number of alkyl halides is 2. The summed E-state index contributed by atoms with van der Waals surface area (Å²) in [6.07, 6.45) is 0.338. The van der Waals surface area contributed by atoms with Crippen molar-refractivity contribution >= 4 is 16.8 Å². The van der Waals surface area contributed by atoms with E-state index in [0.29, 0.717) is 18.7 Å². The first-order chi connectivity index (χ1) is 12.5. The van der Waals surface area contributed by atoms with E-state index in [1.54, 1.807) is 6.07 Å². The second-order valence-electron chi connectivity index (χ2n) is 6.48. The Morgan fingerprint density at radius 3 is 2.88 bits per heavy atom. The molecule has 0 aliphatic heterocycles. The molecule has 1 saturated carbocycles. The zero-order valence-corrected chi connectivity index (χ0v) is 13.8. The average molecular weight is 361 g/mol. The monoisotopic (exact) mass is 361 g/mol. The molecule has 1 aromatic carbocycles. The van der Waals surface area contributed by atoms with Gasteiger partial charge in [-0.25, -0.2) is 8.78 Å². The SMILES string of the molecule is O=C(NCc1nc(C2CCC(F)(F)CC2)no1)c1n[nH]c2ccccc12. The van der Waals surface area contributed by atoms with Gasteiger partial charge in [0.15, 0.2) is 11.5 Å².